The number of anilines is 1. The number of thioether (sulfide) groups is 1. The van der Waals surface area contributed by atoms with E-state index in [9.17, 15) is 4.79 Å². The van der Waals surface area contributed by atoms with Gasteiger partial charge in [-0.2, -0.15) is 0 Å². The second-order valence-corrected chi connectivity index (χ2v) is 7.49. The molecule has 2 heterocycles. The van der Waals surface area contributed by atoms with Gasteiger partial charge >= 0.3 is 0 Å². The molecule has 1 amide bonds. The van der Waals surface area contributed by atoms with Gasteiger partial charge in [-0.15, -0.1) is 0 Å². The van der Waals surface area contributed by atoms with Crippen molar-refractivity contribution < 1.29 is 4.79 Å². The fraction of sp³-hybridized carbons (Fsp3) is 0.316. The summed E-state index contributed by atoms with van der Waals surface area (Å²) >= 11 is 1.37. The molecule has 124 valence electrons. The number of nitrogens with zero attached hydrogens (tertiary/aromatic N) is 3. The summed E-state index contributed by atoms with van der Waals surface area (Å²) in [5, 5.41) is 0.622. The van der Waals surface area contributed by atoms with E-state index in [1.807, 2.05) is 4.90 Å². The Morgan fingerprint density at radius 2 is 1.92 bits per heavy atom. The highest BCUT2D eigenvalue weighted by atomic mass is 32.2. The van der Waals surface area contributed by atoms with Crippen molar-refractivity contribution in [2.75, 3.05) is 10.7 Å². The summed E-state index contributed by atoms with van der Waals surface area (Å²) in [5.41, 5.74) is 4.10. The first kappa shape index (κ1) is 16.7. The first-order chi connectivity index (χ1) is 11.4. The van der Waals surface area contributed by atoms with Gasteiger partial charge in [0.2, 0.25) is 5.91 Å². The lowest BCUT2D eigenvalue weighted by Gasteiger charge is -2.41. The lowest BCUT2D eigenvalue weighted by Crippen LogP contribution is -2.49. The van der Waals surface area contributed by atoms with Gasteiger partial charge in [0.1, 0.15) is 0 Å². The second kappa shape index (κ2) is 6.40. The van der Waals surface area contributed by atoms with E-state index in [2.05, 4.69) is 61.9 Å². The molecule has 1 aliphatic heterocycles. The lowest BCUT2D eigenvalue weighted by molar-refractivity contribution is -0.116. The predicted octanol–water partition coefficient (Wildman–Crippen LogP) is 4.11. The van der Waals surface area contributed by atoms with Crippen molar-refractivity contribution in [3.63, 3.8) is 0 Å². The molecule has 0 N–H and O–H groups in total. The Hall–Kier alpha value is -2.14. The number of hydrogen-bond donors (Lipinski definition) is 0. The van der Waals surface area contributed by atoms with E-state index in [1.165, 1.54) is 17.3 Å². The van der Waals surface area contributed by atoms with Gasteiger partial charge in [-0.3, -0.25) is 4.79 Å². The maximum Gasteiger partial charge on any atom is 0.238 e. The number of amides is 1. The van der Waals surface area contributed by atoms with Crippen LogP contribution in [0.25, 0.3) is 5.57 Å². The number of benzene rings is 1. The minimum Gasteiger partial charge on any atom is -0.302 e. The van der Waals surface area contributed by atoms with E-state index in [4.69, 9.17) is 0 Å². The molecule has 0 fully saturated rings. The van der Waals surface area contributed by atoms with E-state index in [1.54, 1.807) is 18.5 Å². The van der Waals surface area contributed by atoms with Crippen molar-refractivity contribution in [3.8, 4) is 0 Å². The van der Waals surface area contributed by atoms with Crippen LogP contribution in [0.15, 0.2) is 47.9 Å². The molecule has 0 saturated heterocycles. The average Bonchev–Trinajstić information content (AvgIpc) is 2.52. The molecule has 0 radical (unpaired) electrons. The first-order valence-electron chi connectivity index (χ1n) is 7.92. The maximum absolute atomic E-state index is 13.0. The fourth-order valence-corrected chi connectivity index (χ4v) is 3.80. The van der Waals surface area contributed by atoms with Crippen LogP contribution in [0.4, 0.5) is 5.69 Å². The van der Waals surface area contributed by atoms with Crippen LogP contribution in [0.1, 0.15) is 31.9 Å². The highest BCUT2D eigenvalue weighted by Crippen LogP contribution is 2.39. The fourth-order valence-electron chi connectivity index (χ4n) is 3.15. The summed E-state index contributed by atoms with van der Waals surface area (Å²) in [6.07, 6.45) is 5.54. The Morgan fingerprint density at radius 1 is 1.21 bits per heavy atom. The van der Waals surface area contributed by atoms with Crippen LogP contribution < -0.4 is 4.90 Å². The zero-order valence-electron chi connectivity index (χ0n) is 14.4. The lowest BCUT2D eigenvalue weighted by atomic mass is 9.88. The Balaban J connectivity index is 1.91. The van der Waals surface area contributed by atoms with Crippen LogP contribution in [-0.2, 0) is 4.79 Å². The molecule has 2 aromatic rings. The van der Waals surface area contributed by atoms with E-state index >= 15 is 0 Å². The molecule has 1 aromatic carbocycles. The molecule has 0 unspecified atom stereocenters. The standard InChI is InChI=1S/C19H21N3OS/c1-13-6-7-15-14(2)11-19(3,4)22(16(15)10-13)17(23)12-24-18-20-8-5-9-21-18/h5-11H,12H2,1-4H3. The van der Waals surface area contributed by atoms with Gasteiger partial charge in [-0.25, -0.2) is 9.97 Å². The Kier molecular flexibility index (Phi) is 4.45. The third-order valence-electron chi connectivity index (χ3n) is 4.08. The van der Waals surface area contributed by atoms with Gasteiger partial charge in [-0.05, 0) is 51.0 Å². The molecule has 24 heavy (non-hydrogen) atoms. The number of hydrogen-bond acceptors (Lipinski definition) is 4. The van der Waals surface area contributed by atoms with Gasteiger partial charge in [0.05, 0.1) is 17.0 Å². The largest absolute Gasteiger partial charge is 0.302 e. The van der Waals surface area contributed by atoms with Gasteiger partial charge in [0, 0.05) is 18.0 Å². The molecule has 4 nitrogen and oxygen atoms in total. The van der Waals surface area contributed by atoms with Crippen LogP contribution >= 0.6 is 11.8 Å². The number of carbonyl (C=O) groups is 1. The zero-order valence-corrected chi connectivity index (χ0v) is 15.2. The Morgan fingerprint density at radius 3 is 2.62 bits per heavy atom. The van der Waals surface area contributed by atoms with E-state index in [-0.39, 0.29) is 11.4 Å². The van der Waals surface area contributed by atoms with Crippen LogP contribution in [0.3, 0.4) is 0 Å². The molecule has 0 spiro atoms. The SMILES string of the molecule is CC1=CC(C)(C)N(C(=O)CSc2ncccn2)c2cc(C)ccc21. The zero-order chi connectivity index (χ0) is 17.3. The topological polar surface area (TPSA) is 46.1 Å². The van der Waals surface area contributed by atoms with Gasteiger partial charge in [0.15, 0.2) is 5.16 Å². The molecular formula is C19H21N3OS. The highest BCUT2D eigenvalue weighted by molar-refractivity contribution is 7.99. The van der Waals surface area contributed by atoms with Crippen LogP contribution in [-0.4, -0.2) is 27.2 Å². The van der Waals surface area contributed by atoms with Crippen molar-refractivity contribution in [1.82, 2.24) is 9.97 Å². The number of carbonyl (C=O) groups excluding carboxylic acids is 1. The number of allylic oxidation sites excluding steroid dienone is 1. The van der Waals surface area contributed by atoms with Gasteiger partial charge in [0.25, 0.3) is 0 Å². The van der Waals surface area contributed by atoms with Crippen molar-refractivity contribution in [2.45, 2.75) is 38.4 Å². The third kappa shape index (κ3) is 3.22. The summed E-state index contributed by atoms with van der Waals surface area (Å²) in [7, 11) is 0. The number of aromatic nitrogens is 2. The van der Waals surface area contributed by atoms with E-state index in [0.717, 1.165) is 16.8 Å². The van der Waals surface area contributed by atoms with Crippen molar-refractivity contribution in [3.05, 3.63) is 53.9 Å². The van der Waals surface area contributed by atoms with Crippen LogP contribution in [0, 0.1) is 6.92 Å². The Bertz CT molecular complexity index is 800. The second-order valence-electron chi connectivity index (χ2n) is 6.55. The third-order valence-corrected chi connectivity index (χ3v) is 4.94. The van der Waals surface area contributed by atoms with Crippen LogP contribution in [0.5, 0.6) is 0 Å². The quantitative estimate of drug-likeness (QED) is 0.624. The minimum atomic E-state index is -0.361. The summed E-state index contributed by atoms with van der Waals surface area (Å²) in [6.45, 7) is 8.30. The molecule has 0 aliphatic carbocycles. The maximum atomic E-state index is 13.0. The van der Waals surface area contributed by atoms with E-state index in [0.29, 0.717) is 10.9 Å². The number of aryl methyl sites for hydroxylation is 1. The number of fused-ring (bicyclic) bond motifs is 1. The monoisotopic (exact) mass is 339 g/mol. The van der Waals surface area contributed by atoms with Gasteiger partial charge in [-0.1, -0.05) is 30.0 Å². The van der Waals surface area contributed by atoms with Crippen molar-refractivity contribution in [1.29, 1.82) is 0 Å². The normalized spacial score (nSPS) is 15.7. The van der Waals surface area contributed by atoms with Gasteiger partial charge < -0.3 is 4.90 Å². The first-order valence-corrected chi connectivity index (χ1v) is 8.90. The highest BCUT2D eigenvalue weighted by Gasteiger charge is 2.35. The molecule has 1 aliphatic rings. The van der Waals surface area contributed by atoms with Crippen molar-refractivity contribution in [2.24, 2.45) is 0 Å². The molecule has 1 aromatic heterocycles. The predicted molar refractivity (Wildman–Crippen MR) is 99.2 cm³/mol. The van der Waals surface area contributed by atoms with Crippen molar-refractivity contribution >= 4 is 28.9 Å². The molecule has 5 heteroatoms. The average molecular weight is 339 g/mol. The molecule has 0 bridgehead atoms. The Labute approximate surface area is 147 Å². The number of rotatable bonds is 3. The van der Waals surface area contributed by atoms with Crippen LogP contribution in [0.2, 0.25) is 0 Å². The summed E-state index contributed by atoms with van der Waals surface area (Å²) in [5.74, 6) is 0.376. The molecule has 0 atom stereocenters. The molecule has 3 rings (SSSR count). The summed E-state index contributed by atoms with van der Waals surface area (Å²) in [4.78, 5) is 23.2. The summed E-state index contributed by atoms with van der Waals surface area (Å²) in [6, 6.07) is 8.05. The molecule has 0 saturated carbocycles. The molecular weight excluding hydrogens is 318 g/mol. The van der Waals surface area contributed by atoms with E-state index < -0.39 is 0 Å². The summed E-state index contributed by atoms with van der Waals surface area (Å²) < 4.78 is 0. The smallest absolute Gasteiger partial charge is 0.238 e. The minimum absolute atomic E-state index is 0.0630.